The van der Waals surface area contributed by atoms with E-state index in [1.165, 1.54) is 29.5 Å². The van der Waals surface area contributed by atoms with Crippen LogP contribution in [0.5, 0.6) is 0 Å². The minimum Gasteiger partial charge on any atom is -1.00 e. The van der Waals surface area contributed by atoms with Gasteiger partial charge >= 0.3 is 208 Å². The van der Waals surface area contributed by atoms with Crippen molar-refractivity contribution < 1.29 is 48.0 Å². The van der Waals surface area contributed by atoms with Crippen LogP contribution in [0, 0.1) is 0 Å². The van der Waals surface area contributed by atoms with Gasteiger partial charge in [0.25, 0.3) is 0 Å². The third kappa shape index (κ3) is 4.93. The fourth-order valence-electron chi connectivity index (χ4n) is 5.54. The van der Waals surface area contributed by atoms with Gasteiger partial charge in [-0.2, -0.15) is 0 Å². The van der Waals surface area contributed by atoms with Crippen LogP contribution in [0.2, 0.25) is 0 Å². The van der Waals surface area contributed by atoms with Crippen LogP contribution in [0.25, 0.3) is 17.2 Å². The zero-order valence-corrected chi connectivity index (χ0v) is 25.3. The first-order valence-electron chi connectivity index (χ1n) is 12.2. The summed E-state index contributed by atoms with van der Waals surface area (Å²) in [4.78, 5) is 0. The number of fused-ring (bicyclic) bond motifs is 4. The Kier molecular flexibility index (Phi) is 9.85. The molecular formula is C30H33Cl2PZr. The maximum atomic E-state index is 2.64. The molecule has 2 aliphatic rings. The van der Waals surface area contributed by atoms with Gasteiger partial charge in [-0.05, 0) is 0 Å². The molecule has 0 fully saturated rings. The Bertz CT molecular complexity index is 1100. The van der Waals surface area contributed by atoms with E-state index in [0.717, 1.165) is 11.3 Å². The fraction of sp³-hybridized carbons (Fsp3) is 0.333. The van der Waals surface area contributed by atoms with Crippen LogP contribution in [0.4, 0.5) is 0 Å². The molecule has 0 saturated carbocycles. The van der Waals surface area contributed by atoms with Gasteiger partial charge in [0, 0.05) is 0 Å². The van der Waals surface area contributed by atoms with Crippen LogP contribution in [0.1, 0.15) is 70.0 Å². The second-order valence-electron chi connectivity index (χ2n) is 9.33. The molecule has 3 atom stereocenters. The number of benzene rings is 3. The Balaban J connectivity index is 0.00000162. The molecule has 0 heterocycles. The van der Waals surface area contributed by atoms with Crippen LogP contribution in [0.3, 0.4) is 0 Å². The van der Waals surface area contributed by atoms with Crippen molar-refractivity contribution in [2.75, 3.05) is 0 Å². The van der Waals surface area contributed by atoms with Crippen LogP contribution < -0.4 is 24.8 Å². The van der Waals surface area contributed by atoms with E-state index in [4.69, 9.17) is 0 Å². The zero-order chi connectivity index (χ0) is 22.2. The standard InChI is InChI=1S/C17H24P.C13H9.2ClH.Zr/c1-5-13(3)18(14(4)6-2)17-11-15-9-7-8-10-16(15)12-17;1-3-7-12-10(5-1)9-11-6-2-4-8-13(11)12;;;/h7-14H,5-6H2,1-4H3;1-9H;2*1H;/q;;;;+2/p-2. The molecular weight excluding hydrogens is 553 g/mol. The van der Waals surface area contributed by atoms with Gasteiger partial charge in [0.1, 0.15) is 0 Å². The third-order valence-corrected chi connectivity index (χ3v) is 16.4. The number of hydrogen-bond acceptors (Lipinski definition) is 0. The predicted octanol–water partition coefficient (Wildman–Crippen LogP) is 3.02. The van der Waals surface area contributed by atoms with Gasteiger partial charge in [-0.1, -0.05) is 0 Å². The van der Waals surface area contributed by atoms with E-state index in [1.807, 2.05) is 5.31 Å². The SMILES string of the molecule is CCC(C)P(C1=Cc2ccccc2[CH]1[Zr+2][CH]1c2ccccc2-c2ccccc21)C(C)CC.[Cl-].[Cl-]. The van der Waals surface area contributed by atoms with Crippen molar-refractivity contribution in [2.45, 2.75) is 59.1 Å². The second kappa shape index (κ2) is 12.0. The Morgan fingerprint density at radius 1 is 0.676 bits per heavy atom. The van der Waals surface area contributed by atoms with E-state index >= 15 is 0 Å². The molecule has 3 aromatic carbocycles. The summed E-state index contributed by atoms with van der Waals surface area (Å²) in [5.74, 6) is 0. The topological polar surface area (TPSA) is 0 Å². The molecule has 0 aliphatic heterocycles. The summed E-state index contributed by atoms with van der Waals surface area (Å²) in [6.45, 7) is 9.82. The smallest absolute Gasteiger partial charge is 1.00 e. The first-order chi connectivity index (χ1) is 15.6. The molecule has 0 radical (unpaired) electrons. The second-order valence-corrected chi connectivity index (χ2v) is 16.1. The maximum Gasteiger partial charge on any atom is -1.00 e. The van der Waals surface area contributed by atoms with Crippen molar-refractivity contribution >= 4 is 14.0 Å². The molecule has 0 spiro atoms. The van der Waals surface area contributed by atoms with Gasteiger partial charge in [0.2, 0.25) is 0 Å². The van der Waals surface area contributed by atoms with Gasteiger partial charge < -0.3 is 24.8 Å². The van der Waals surface area contributed by atoms with Crippen molar-refractivity contribution in [1.29, 1.82) is 0 Å². The third-order valence-electron chi connectivity index (χ3n) is 7.50. The van der Waals surface area contributed by atoms with E-state index in [-0.39, 0.29) is 32.7 Å². The molecule has 0 bridgehead atoms. The van der Waals surface area contributed by atoms with Gasteiger partial charge in [-0.25, -0.2) is 0 Å². The van der Waals surface area contributed by atoms with Gasteiger partial charge in [-0.15, -0.1) is 0 Å². The molecule has 0 aromatic heterocycles. The Morgan fingerprint density at radius 2 is 1.15 bits per heavy atom. The minimum atomic E-state index is -0.857. The van der Waals surface area contributed by atoms with Crippen LogP contribution in [-0.4, -0.2) is 11.3 Å². The molecule has 0 nitrogen and oxygen atoms in total. The van der Waals surface area contributed by atoms with E-state index in [9.17, 15) is 0 Å². The fourth-order valence-corrected chi connectivity index (χ4v) is 15.1. The zero-order valence-electron chi connectivity index (χ0n) is 20.4. The monoisotopic (exact) mass is 584 g/mol. The van der Waals surface area contributed by atoms with E-state index in [0.29, 0.717) is 7.25 Å². The minimum absolute atomic E-state index is 0. The summed E-state index contributed by atoms with van der Waals surface area (Å²) in [5, 5.41) is 1.83. The summed E-state index contributed by atoms with van der Waals surface area (Å²) < 4.78 is 1.35. The molecule has 0 amide bonds. The maximum absolute atomic E-state index is 2.64. The van der Waals surface area contributed by atoms with Crippen molar-refractivity contribution in [3.63, 3.8) is 0 Å². The molecule has 5 rings (SSSR count). The van der Waals surface area contributed by atoms with E-state index in [1.54, 1.807) is 16.7 Å². The normalized spacial score (nSPS) is 18.2. The number of halogens is 2. The average molecular weight is 587 g/mol. The molecule has 176 valence electrons. The molecule has 0 saturated heterocycles. The van der Waals surface area contributed by atoms with Gasteiger partial charge in [0.15, 0.2) is 0 Å². The Hall–Kier alpha value is -0.707. The van der Waals surface area contributed by atoms with Crippen LogP contribution in [0.15, 0.2) is 78.1 Å². The molecule has 3 unspecified atom stereocenters. The van der Waals surface area contributed by atoms with Crippen LogP contribution in [-0.2, 0) is 23.2 Å². The number of rotatable bonds is 7. The number of hydrogen-bond donors (Lipinski definition) is 0. The van der Waals surface area contributed by atoms with Crippen molar-refractivity contribution in [3.05, 3.63) is 100 Å². The quantitative estimate of drug-likeness (QED) is 0.374. The van der Waals surface area contributed by atoms with Gasteiger partial charge in [-0.3, -0.25) is 0 Å². The number of allylic oxidation sites excluding steroid dienone is 1. The van der Waals surface area contributed by atoms with Crippen molar-refractivity contribution in [1.82, 2.24) is 0 Å². The summed E-state index contributed by atoms with van der Waals surface area (Å²) >= 11 is -0.857. The summed E-state index contributed by atoms with van der Waals surface area (Å²) in [6.07, 6.45) is 5.21. The summed E-state index contributed by atoms with van der Waals surface area (Å²) in [5.41, 5.74) is 10.9. The van der Waals surface area contributed by atoms with E-state index < -0.39 is 23.2 Å². The van der Waals surface area contributed by atoms with Crippen molar-refractivity contribution in [2.24, 2.45) is 0 Å². The Morgan fingerprint density at radius 3 is 1.68 bits per heavy atom. The molecule has 0 N–H and O–H groups in total. The van der Waals surface area contributed by atoms with Crippen LogP contribution >= 0.6 is 7.92 Å². The van der Waals surface area contributed by atoms with E-state index in [2.05, 4.69) is 107 Å². The molecule has 34 heavy (non-hydrogen) atoms. The average Bonchev–Trinajstić information content (AvgIpc) is 3.35. The summed E-state index contributed by atoms with van der Waals surface area (Å²) in [7, 11) is -0.121. The predicted molar refractivity (Wildman–Crippen MR) is 137 cm³/mol. The molecule has 3 aromatic rings. The molecule has 4 heteroatoms. The first kappa shape index (κ1) is 27.9. The molecule has 2 aliphatic carbocycles. The Labute approximate surface area is 231 Å². The largest absolute Gasteiger partial charge is 1.00 e. The first-order valence-corrected chi connectivity index (χ1v) is 16.5. The van der Waals surface area contributed by atoms with Crippen molar-refractivity contribution in [3.8, 4) is 11.1 Å². The summed E-state index contributed by atoms with van der Waals surface area (Å²) in [6, 6.07) is 27.8. The van der Waals surface area contributed by atoms with Gasteiger partial charge in [0.05, 0.1) is 0 Å².